The Balaban J connectivity index is 1.62. The summed E-state index contributed by atoms with van der Waals surface area (Å²) >= 11 is 0. The molecule has 0 aliphatic heterocycles. The molecule has 0 amide bonds. The highest BCUT2D eigenvalue weighted by atomic mass is 16.5. The van der Waals surface area contributed by atoms with Crippen molar-refractivity contribution in [2.45, 2.75) is 0 Å². The van der Waals surface area contributed by atoms with E-state index in [4.69, 9.17) is 14.6 Å². The highest BCUT2D eigenvalue weighted by Gasteiger charge is 2.13. The van der Waals surface area contributed by atoms with Crippen molar-refractivity contribution in [2.24, 2.45) is 0 Å². The summed E-state index contributed by atoms with van der Waals surface area (Å²) in [5.41, 5.74) is 0.797. The number of carboxylic acids is 1. The molecule has 8 heteroatoms. The second-order valence-corrected chi connectivity index (χ2v) is 6.20. The van der Waals surface area contributed by atoms with E-state index >= 15 is 0 Å². The monoisotopic (exact) mass is 420 g/mol. The molecule has 3 rings (SSSR count). The van der Waals surface area contributed by atoms with Gasteiger partial charge in [0.1, 0.15) is 11.5 Å². The number of rotatable bonds is 6. The van der Waals surface area contributed by atoms with Crippen LogP contribution in [0.15, 0.2) is 72.8 Å². The van der Waals surface area contributed by atoms with Crippen molar-refractivity contribution in [3.63, 3.8) is 0 Å². The summed E-state index contributed by atoms with van der Waals surface area (Å²) in [7, 11) is 1.27. The predicted octanol–water partition coefficient (Wildman–Crippen LogP) is 3.61. The molecule has 0 saturated carbocycles. The molecule has 0 saturated heterocycles. The van der Waals surface area contributed by atoms with Crippen LogP contribution in [0, 0.1) is 0 Å². The number of esters is 3. The van der Waals surface area contributed by atoms with E-state index in [1.807, 2.05) is 0 Å². The number of ether oxygens (including phenoxy) is 3. The van der Waals surface area contributed by atoms with Crippen molar-refractivity contribution in [1.29, 1.82) is 0 Å². The highest BCUT2D eigenvalue weighted by Crippen LogP contribution is 2.17. The Morgan fingerprint density at radius 3 is 1.23 bits per heavy atom. The van der Waals surface area contributed by atoms with Crippen LogP contribution in [-0.2, 0) is 4.74 Å². The van der Waals surface area contributed by atoms with Crippen molar-refractivity contribution in [3.05, 3.63) is 95.1 Å². The fourth-order valence-electron chi connectivity index (χ4n) is 2.52. The standard InChI is InChI=1S/C23H16O8/c1-29-21(26)15-8-12-19(13-9-15)31-23(28)17-4-2-16(3-5-17)22(27)30-18-10-6-14(7-11-18)20(24)25/h2-13H,1H3,(H,24,25). The van der Waals surface area contributed by atoms with Crippen LogP contribution in [-0.4, -0.2) is 36.1 Å². The molecule has 0 radical (unpaired) electrons. The normalized spacial score (nSPS) is 10.1. The van der Waals surface area contributed by atoms with Crippen molar-refractivity contribution in [2.75, 3.05) is 7.11 Å². The molecule has 31 heavy (non-hydrogen) atoms. The largest absolute Gasteiger partial charge is 0.478 e. The zero-order valence-electron chi connectivity index (χ0n) is 16.2. The molecule has 8 nitrogen and oxygen atoms in total. The van der Waals surface area contributed by atoms with Gasteiger partial charge in [-0.1, -0.05) is 0 Å². The number of benzene rings is 3. The summed E-state index contributed by atoms with van der Waals surface area (Å²) in [6.45, 7) is 0. The first-order valence-electron chi connectivity index (χ1n) is 8.93. The lowest BCUT2D eigenvalue weighted by molar-refractivity contribution is 0.0599. The van der Waals surface area contributed by atoms with E-state index in [-0.39, 0.29) is 28.2 Å². The Bertz CT molecular complexity index is 1110. The van der Waals surface area contributed by atoms with Crippen LogP contribution in [0.3, 0.4) is 0 Å². The summed E-state index contributed by atoms with van der Waals surface area (Å²) < 4.78 is 15.0. The Morgan fingerprint density at radius 1 is 0.548 bits per heavy atom. The SMILES string of the molecule is COC(=O)c1ccc(OC(=O)c2ccc(C(=O)Oc3ccc(C(=O)O)cc3)cc2)cc1. The number of carbonyl (C=O) groups is 4. The van der Waals surface area contributed by atoms with Gasteiger partial charge < -0.3 is 19.3 Å². The number of carboxylic acid groups (broad SMARTS) is 1. The number of hydrogen-bond donors (Lipinski definition) is 1. The molecule has 0 fully saturated rings. The first kappa shape index (κ1) is 21.3. The first-order valence-corrected chi connectivity index (χ1v) is 8.93. The maximum atomic E-state index is 12.3. The minimum Gasteiger partial charge on any atom is -0.478 e. The van der Waals surface area contributed by atoms with Crippen molar-refractivity contribution < 1.29 is 38.5 Å². The Kier molecular flexibility index (Phi) is 6.42. The minimum atomic E-state index is -1.08. The number of hydrogen-bond acceptors (Lipinski definition) is 7. The molecule has 0 aliphatic rings. The molecule has 0 spiro atoms. The molecular weight excluding hydrogens is 404 g/mol. The van der Waals surface area contributed by atoms with Crippen LogP contribution in [0.25, 0.3) is 0 Å². The molecule has 1 N–H and O–H groups in total. The van der Waals surface area contributed by atoms with Gasteiger partial charge in [0.05, 0.1) is 29.4 Å². The van der Waals surface area contributed by atoms with Crippen LogP contribution in [0.4, 0.5) is 0 Å². The van der Waals surface area contributed by atoms with Gasteiger partial charge in [-0.25, -0.2) is 19.2 Å². The van der Waals surface area contributed by atoms with Gasteiger partial charge in [0.2, 0.25) is 0 Å². The maximum Gasteiger partial charge on any atom is 0.343 e. The quantitative estimate of drug-likeness (QED) is 0.475. The van der Waals surface area contributed by atoms with Crippen molar-refractivity contribution in [1.82, 2.24) is 0 Å². The van der Waals surface area contributed by atoms with E-state index in [1.54, 1.807) is 0 Å². The third-order valence-corrected chi connectivity index (χ3v) is 4.15. The topological polar surface area (TPSA) is 116 Å². The minimum absolute atomic E-state index is 0.0719. The Hall–Kier alpha value is -4.46. The van der Waals surface area contributed by atoms with Crippen LogP contribution < -0.4 is 9.47 Å². The molecule has 0 unspecified atom stereocenters. The smallest absolute Gasteiger partial charge is 0.343 e. The summed E-state index contributed by atoms with van der Waals surface area (Å²) in [6, 6.07) is 16.9. The van der Waals surface area contributed by atoms with E-state index in [9.17, 15) is 19.2 Å². The van der Waals surface area contributed by atoms with Gasteiger partial charge in [-0.3, -0.25) is 0 Å². The number of aromatic carboxylic acids is 1. The van der Waals surface area contributed by atoms with Gasteiger partial charge in [-0.2, -0.15) is 0 Å². The lowest BCUT2D eigenvalue weighted by Gasteiger charge is -2.07. The lowest BCUT2D eigenvalue weighted by atomic mass is 10.1. The fourth-order valence-corrected chi connectivity index (χ4v) is 2.52. The summed E-state index contributed by atoms with van der Waals surface area (Å²) in [5.74, 6) is -2.46. The zero-order valence-corrected chi connectivity index (χ0v) is 16.2. The second-order valence-electron chi connectivity index (χ2n) is 6.20. The second kappa shape index (κ2) is 9.36. The maximum absolute atomic E-state index is 12.3. The molecule has 3 aromatic carbocycles. The highest BCUT2D eigenvalue weighted by molar-refractivity contribution is 5.95. The Labute approximate surface area is 176 Å². The molecule has 3 aromatic rings. The molecule has 0 atom stereocenters. The molecule has 0 bridgehead atoms. The van der Waals surface area contributed by atoms with E-state index in [0.717, 1.165) is 0 Å². The molecular formula is C23H16O8. The summed E-state index contributed by atoms with van der Waals surface area (Å²) in [5, 5.41) is 8.88. The van der Waals surface area contributed by atoms with Crippen LogP contribution in [0.2, 0.25) is 0 Å². The van der Waals surface area contributed by atoms with E-state index in [0.29, 0.717) is 5.56 Å². The van der Waals surface area contributed by atoms with E-state index in [2.05, 4.69) is 4.74 Å². The Morgan fingerprint density at radius 2 is 0.871 bits per heavy atom. The van der Waals surface area contributed by atoms with Gasteiger partial charge in [0.25, 0.3) is 0 Å². The predicted molar refractivity (Wildman–Crippen MR) is 108 cm³/mol. The summed E-state index contributed by atoms with van der Waals surface area (Å²) in [4.78, 5) is 46.8. The first-order chi connectivity index (χ1) is 14.9. The molecule has 0 aliphatic carbocycles. The van der Waals surface area contributed by atoms with Gasteiger partial charge >= 0.3 is 23.9 Å². The third kappa shape index (κ3) is 5.33. The summed E-state index contributed by atoms with van der Waals surface area (Å²) in [6.07, 6.45) is 0. The molecule has 0 aromatic heterocycles. The van der Waals surface area contributed by atoms with Crippen LogP contribution in [0.1, 0.15) is 41.4 Å². The molecule has 0 heterocycles. The van der Waals surface area contributed by atoms with Crippen molar-refractivity contribution in [3.8, 4) is 11.5 Å². The van der Waals surface area contributed by atoms with Gasteiger partial charge in [0.15, 0.2) is 0 Å². The fraction of sp³-hybridized carbons (Fsp3) is 0.0435. The zero-order chi connectivity index (χ0) is 22.4. The number of methoxy groups -OCH3 is 1. The van der Waals surface area contributed by atoms with Crippen LogP contribution >= 0.6 is 0 Å². The van der Waals surface area contributed by atoms with Gasteiger partial charge in [-0.15, -0.1) is 0 Å². The van der Waals surface area contributed by atoms with E-state index < -0.39 is 23.9 Å². The van der Waals surface area contributed by atoms with Crippen LogP contribution in [0.5, 0.6) is 11.5 Å². The molecule has 156 valence electrons. The van der Waals surface area contributed by atoms with Crippen molar-refractivity contribution >= 4 is 23.9 Å². The lowest BCUT2D eigenvalue weighted by Crippen LogP contribution is -2.11. The average Bonchev–Trinajstić information content (AvgIpc) is 2.79. The number of carbonyl (C=O) groups excluding carboxylic acids is 3. The third-order valence-electron chi connectivity index (χ3n) is 4.15. The van der Waals surface area contributed by atoms with Gasteiger partial charge in [-0.05, 0) is 72.8 Å². The van der Waals surface area contributed by atoms with E-state index in [1.165, 1.54) is 79.9 Å². The van der Waals surface area contributed by atoms with Gasteiger partial charge in [0, 0.05) is 0 Å². The average molecular weight is 420 g/mol.